The van der Waals surface area contributed by atoms with Crippen molar-refractivity contribution in [3.63, 3.8) is 0 Å². The van der Waals surface area contributed by atoms with Gasteiger partial charge < -0.3 is 10.1 Å². The van der Waals surface area contributed by atoms with E-state index in [9.17, 15) is 0 Å². The molecule has 2 rings (SSSR count). The Balaban J connectivity index is 0.00000162. The summed E-state index contributed by atoms with van der Waals surface area (Å²) in [5, 5.41) is 4.86. The summed E-state index contributed by atoms with van der Waals surface area (Å²) in [6.07, 6.45) is 3.76. The summed E-state index contributed by atoms with van der Waals surface area (Å²) in [5.41, 5.74) is 0.954. The van der Waals surface area contributed by atoms with Gasteiger partial charge in [-0.2, -0.15) is 0 Å². The average molecular weight is 311 g/mol. The lowest BCUT2D eigenvalue weighted by Gasteiger charge is -2.23. The van der Waals surface area contributed by atoms with Gasteiger partial charge in [0.05, 0.1) is 13.2 Å². The molecule has 2 nitrogen and oxygen atoms in total. The molecule has 1 aromatic rings. The smallest absolute Gasteiger partial charge is 0.0732 e. The van der Waals surface area contributed by atoms with Crippen molar-refractivity contribution in [1.29, 1.82) is 0 Å². The zero-order valence-corrected chi connectivity index (χ0v) is 12.5. The van der Waals surface area contributed by atoms with Gasteiger partial charge in [0, 0.05) is 16.1 Å². The van der Waals surface area contributed by atoms with Crippen molar-refractivity contribution in [2.24, 2.45) is 0 Å². The van der Waals surface area contributed by atoms with Crippen molar-refractivity contribution < 1.29 is 4.74 Å². The topological polar surface area (TPSA) is 21.3 Å². The van der Waals surface area contributed by atoms with Gasteiger partial charge in [0.1, 0.15) is 0 Å². The Morgan fingerprint density at radius 1 is 1.28 bits per heavy atom. The SMILES string of the molecule is Cl.Clc1ccc(Cl)c(COCC2CCCCN2)c1. The summed E-state index contributed by atoms with van der Waals surface area (Å²) in [4.78, 5) is 0. The molecule has 1 atom stereocenters. The van der Waals surface area contributed by atoms with Crippen LogP contribution in [0.3, 0.4) is 0 Å². The molecule has 1 N–H and O–H groups in total. The summed E-state index contributed by atoms with van der Waals surface area (Å²) in [5.74, 6) is 0. The van der Waals surface area contributed by atoms with E-state index in [0.29, 0.717) is 22.7 Å². The third-order valence-electron chi connectivity index (χ3n) is 3.00. The van der Waals surface area contributed by atoms with Crippen LogP contribution in [-0.2, 0) is 11.3 Å². The van der Waals surface area contributed by atoms with Gasteiger partial charge >= 0.3 is 0 Å². The highest BCUT2D eigenvalue weighted by Gasteiger charge is 2.12. The number of nitrogens with one attached hydrogen (secondary N) is 1. The van der Waals surface area contributed by atoms with Gasteiger partial charge in [-0.3, -0.25) is 0 Å². The minimum atomic E-state index is 0. The van der Waals surface area contributed by atoms with E-state index in [1.807, 2.05) is 6.07 Å². The molecule has 1 heterocycles. The fourth-order valence-electron chi connectivity index (χ4n) is 2.03. The Kier molecular flexibility index (Phi) is 7.35. The Hall–Kier alpha value is 0.01000. The van der Waals surface area contributed by atoms with E-state index in [4.69, 9.17) is 27.9 Å². The molecule has 0 aliphatic carbocycles. The zero-order chi connectivity index (χ0) is 12.1. The van der Waals surface area contributed by atoms with Crippen LogP contribution in [0.5, 0.6) is 0 Å². The summed E-state index contributed by atoms with van der Waals surface area (Å²) < 4.78 is 5.69. The quantitative estimate of drug-likeness (QED) is 0.905. The predicted molar refractivity (Wildman–Crippen MR) is 79.0 cm³/mol. The molecule has 0 spiro atoms. The predicted octanol–water partition coefficient (Wildman–Crippen LogP) is 4.07. The molecule has 1 saturated heterocycles. The van der Waals surface area contributed by atoms with E-state index in [1.54, 1.807) is 12.1 Å². The Morgan fingerprint density at radius 3 is 2.83 bits per heavy atom. The van der Waals surface area contributed by atoms with Crippen molar-refractivity contribution in [2.75, 3.05) is 13.2 Å². The van der Waals surface area contributed by atoms with Gasteiger partial charge in [-0.05, 0) is 43.1 Å². The van der Waals surface area contributed by atoms with Crippen LogP contribution in [-0.4, -0.2) is 19.2 Å². The third-order valence-corrected chi connectivity index (χ3v) is 3.60. The van der Waals surface area contributed by atoms with Gasteiger partial charge in [0.2, 0.25) is 0 Å². The van der Waals surface area contributed by atoms with Crippen molar-refractivity contribution >= 4 is 35.6 Å². The molecule has 102 valence electrons. The van der Waals surface area contributed by atoms with E-state index in [2.05, 4.69) is 5.32 Å². The van der Waals surface area contributed by atoms with Crippen LogP contribution in [0.2, 0.25) is 10.0 Å². The molecule has 0 aromatic heterocycles. The first kappa shape index (κ1) is 16.1. The molecular weight excluding hydrogens is 293 g/mol. The Morgan fingerprint density at radius 2 is 2.11 bits per heavy atom. The number of hydrogen-bond acceptors (Lipinski definition) is 2. The standard InChI is InChI=1S/C13H17Cl2NO.ClH/c14-11-4-5-13(15)10(7-11)8-17-9-12-3-1-2-6-16-12;/h4-5,7,12,16H,1-3,6,8-9H2;1H. The minimum absolute atomic E-state index is 0. The number of piperidine rings is 1. The summed E-state index contributed by atoms with van der Waals surface area (Å²) >= 11 is 12.0. The number of rotatable bonds is 4. The first-order valence-corrected chi connectivity index (χ1v) is 6.76. The molecule has 1 unspecified atom stereocenters. The fourth-order valence-corrected chi connectivity index (χ4v) is 2.40. The second-order valence-electron chi connectivity index (χ2n) is 4.40. The molecule has 1 aliphatic rings. The van der Waals surface area contributed by atoms with Crippen LogP contribution >= 0.6 is 35.6 Å². The lowest BCUT2D eigenvalue weighted by Crippen LogP contribution is -2.37. The first-order valence-electron chi connectivity index (χ1n) is 6.01. The highest BCUT2D eigenvalue weighted by molar-refractivity contribution is 6.33. The monoisotopic (exact) mass is 309 g/mol. The first-order chi connectivity index (χ1) is 8.25. The van der Waals surface area contributed by atoms with Crippen molar-refractivity contribution in [3.05, 3.63) is 33.8 Å². The minimum Gasteiger partial charge on any atom is -0.375 e. The van der Waals surface area contributed by atoms with E-state index >= 15 is 0 Å². The molecule has 0 saturated carbocycles. The molecule has 5 heteroatoms. The Bertz CT molecular complexity index is 367. The molecule has 1 aliphatic heterocycles. The lowest BCUT2D eigenvalue weighted by molar-refractivity contribution is 0.0912. The number of hydrogen-bond donors (Lipinski definition) is 1. The van der Waals surface area contributed by atoms with Crippen LogP contribution in [0.15, 0.2) is 18.2 Å². The maximum atomic E-state index is 6.06. The second kappa shape index (κ2) is 8.23. The van der Waals surface area contributed by atoms with Gasteiger partial charge in [0.25, 0.3) is 0 Å². The molecule has 1 aromatic carbocycles. The number of halogens is 3. The Labute approximate surface area is 124 Å². The molecule has 0 radical (unpaired) electrons. The van der Waals surface area contributed by atoms with Crippen LogP contribution in [0.25, 0.3) is 0 Å². The van der Waals surface area contributed by atoms with E-state index < -0.39 is 0 Å². The van der Waals surface area contributed by atoms with Gasteiger partial charge in [-0.25, -0.2) is 0 Å². The normalized spacial score (nSPS) is 19.3. The zero-order valence-electron chi connectivity index (χ0n) is 10.1. The summed E-state index contributed by atoms with van der Waals surface area (Å²) in [6.45, 7) is 2.37. The van der Waals surface area contributed by atoms with E-state index in [0.717, 1.165) is 18.7 Å². The van der Waals surface area contributed by atoms with E-state index in [-0.39, 0.29) is 12.4 Å². The average Bonchev–Trinajstić information content (AvgIpc) is 2.35. The molecule has 1 fully saturated rings. The van der Waals surface area contributed by atoms with Gasteiger partial charge in [-0.1, -0.05) is 29.6 Å². The highest BCUT2D eigenvalue weighted by Crippen LogP contribution is 2.21. The largest absolute Gasteiger partial charge is 0.375 e. The molecule has 0 bridgehead atoms. The van der Waals surface area contributed by atoms with E-state index in [1.165, 1.54) is 19.3 Å². The van der Waals surface area contributed by atoms with Crippen molar-refractivity contribution in [2.45, 2.75) is 31.9 Å². The number of benzene rings is 1. The van der Waals surface area contributed by atoms with Crippen LogP contribution < -0.4 is 5.32 Å². The maximum absolute atomic E-state index is 6.06. The van der Waals surface area contributed by atoms with Crippen molar-refractivity contribution in [1.82, 2.24) is 5.32 Å². The molecule has 0 amide bonds. The van der Waals surface area contributed by atoms with Crippen LogP contribution in [0, 0.1) is 0 Å². The third kappa shape index (κ3) is 4.94. The molecular formula is C13H18Cl3NO. The molecule has 18 heavy (non-hydrogen) atoms. The van der Waals surface area contributed by atoms with Gasteiger partial charge in [-0.15, -0.1) is 12.4 Å². The van der Waals surface area contributed by atoms with Crippen molar-refractivity contribution in [3.8, 4) is 0 Å². The van der Waals surface area contributed by atoms with Crippen LogP contribution in [0.4, 0.5) is 0 Å². The van der Waals surface area contributed by atoms with Gasteiger partial charge in [0.15, 0.2) is 0 Å². The van der Waals surface area contributed by atoms with Crippen LogP contribution in [0.1, 0.15) is 24.8 Å². The second-order valence-corrected chi connectivity index (χ2v) is 5.24. The summed E-state index contributed by atoms with van der Waals surface area (Å²) in [7, 11) is 0. The highest BCUT2D eigenvalue weighted by atomic mass is 35.5. The maximum Gasteiger partial charge on any atom is 0.0732 e. The lowest BCUT2D eigenvalue weighted by atomic mass is 10.1. The number of ether oxygens (including phenoxy) is 1. The summed E-state index contributed by atoms with van der Waals surface area (Å²) in [6, 6.07) is 5.94. The fraction of sp³-hybridized carbons (Fsp3) is 0.538.